The van der Waals surface area contributed by atoms with Crippen molar-refractivity contribution < 1.29 is 4.79 Å². The molecule has 3 nitrogen and oxygen atoms in total. The smallest absolute Gasteiger partial charge is 0.159 e. The number of carbonyl (C=O) groups excluding carboxylic acids is 1. The highest BCUT2D eigenvalue weighted by Crippen LogP contribution is 2.27. The van der Waals surface area contributed by atoms with Crippen LogP contribution in [0, 0.1) is 11.3 Å². The fourth-order valence-electron chi connectivity index (χ4n) is 2.13. The van der Waals surface area contributed by atoms with Crippen molar-refractivity contribution in [2.75, 3.05) is 11.9 Å². The van der Waals surface area contributed by atoms with Crippen molar-refractivity contribution in [2.45, 2.75) is 13.5 Å². The zero-order chi connectivity index (χ0) is 15.4. The maximum atomic E-state index is 11.3. The second-order valence-electron chi connectivity index (χ2n) is 4.89. The summed E-state index contributed by atoms with van der Waals surface area (Å²) in [6, 6.07) is 14.9. The average molecular weight is 299 g/mol. The summed E-state index contributed by atoms with van der Waals surface area (Å²) in [4.78, 5) is 13.3. The van der Waals surface area contributed by atoms with Gasteiger partial charge in [0.05, 0.1) is 22.3 Å². The van der Waals surface area contributed by atoms with E-state index in [0.29, 0.717) is 22.7 Å². The molecule has 0 radical (unpaired) electrons. The molecule has 0 unspecified atom stereocenters. The second kappa shape index (κ2) is 6.43. The molecule has 0 N–H and O–H groups in total. The average Bonchev–Trinajstić information content (AvgIpc) is 2.47. The summed E-state index contributed by atoms with van der Waals surface area (Å²) >= 11 is 6.25. The molecule has 0 spiro atoms. The number of Topliss-reactive ketones (excluding diaryl/α,β-unsaturated/α-hetero) is 1. The Labute approximate surface area is 129 Å². The molecule has 2 aromatic rings. The van der Waals surface area contributed by atoms with E-state index in [2.05, 4.69) is 6.07 Å². The van der Waals surface area contributed by atoms with Gasteiger partial charge >= 0.3 is 0 Å². The predicted octanol–water partition coefficient (Wildman–Crippen LogP) is 4.05. The largest absolute Gasteiger partial charge is 0.369 e. The SMILES string of the molecule is CC(=O)c1ccc(N(C)Cc2cccc(C#N)c2)c(Cl)c1. The number of carbonyl (C=O) groups is 1. The third-order valence-electron chi connectivity index (χ3n) is 3.24. The van der Waals surface area contributed by atoms with Crippen LogP contribution in [0.15, 0.2) is 42.5 Å². The molecule has 0 aliphatic rings. The molecule has 0 fully saturated rings. The summed E-state index contributed by atoms with van der Waals surface area (Å²) in [5, 5.41) is 9.47. The van der Waals surface area contributed by atoms with E-state index >= 15 is 0 Å². The molecule has 0 bridgehead atoms. The van der Waals surface area contributed by atoms with Gasteiger partial charge in [0.15, 0.2) is 5.78 Å². The van der Waals surface area contributed by atoms with Crippen molar-refractivity contribution in [1.82, 2.24) is 0 Å². The van der Waals surface area contributed by atoms with Gasteiger partial charge in [0.25, 0.3) is 0 Å². The minimum atomic E-state index is -0.00664. The molecule has 0 amide bonds. The quantitative estimate of drug-likeness (QED) is 0.800. The number of hydrogen-bond donors (Lipinski definition) is 0. The van der Waals surface area contributed by atoms with Crippen LogP contribution < -0.4 is 4.90 Å². The van der Waals surface area contributed by atoms with Crippen molar-refractivity contribution in [1.29, 1.82) is 5.26 Å². The molecule has 0 aromatic heterocycles. The van der Waals surface area contributed by atoms with Crippen LogP contribution in [-0.2, 0) is 6.54 Å². The Morgan fingerprint density at radius 1 is 1.29 bits per heavy atom. The van der Waals surface area contributed by atoms with Gasteiger partial charge in [-0.25, -0.2) is 0 Å². The molecule has 0 atom stereocenters. The van der Waals surface area contributed by atoms with Gasteiger partial charge in [-0.15, -0.1) is 0 Å². The first kappa shape index (κ1) is 15.1. The van der Waals surface area contributed by atoms with Crippen molar-refractivity contribution >= 4 is 23.1 Å². The number of benzene rings is 2. The lowest BCUT2D eigenvalue weighted by molar-refractivity contribution is 0.101. The van der Waals surface area contributed by atoms with Gasteiger partial charge < -0.3 is 4.90 Å². The first-order valence-corrected chi connectivity index (χ1v) is 6.89. The number of rotatable bonds is 4. The van der Waals surface area contributed by atoms with E-state index in [0.717, 1.165) is 11.3 Å². The molecule has 0 saturated carbocycles. The fourth-order valence-corrected chi connectivity index (χ4v) is 2.46. The van der Waals surface area contributed by atoms with Crippen molar-refractivity contribution in [2.24, 2.45) is 0 Å². The Morgan fingerprint density at radius 3 is 2.67 bits per heavy atom. The van der Waals surface area contributed by atoms with Gasteiger partial charge in [-0.05, 0) is 42.8 Å². The summed E-state index contributed by atoms with van der Waals surface area (Å²) < 4.78 is 0. The lowest BCUT2D eigenvalue weighted by atomic mass is 10.1. The zero-order valence-corrected chi connectivity index (χ0v) is 12.7. The van der Waals surface area contributed by atoms with Crippen LogP contribution in [0.2, 0.25) is 5.02 Å². The predicted molar refractivity (Wildman–Crippen MR) is 84.7 cm³/mol. The van der Waals surface area contributed by atoms with Crippen molar-refractivity contribution in [3.63, 3.8) is 0 Å². The second-order valence-corrected chi connectivity index (χ2v) is 5.30. The Hall–Kier alpha value is -2.31. The maximum Gasteiger partial charge on any atom is 0.159 e. The Kier molecular flexibility index (Phi) is 4.62. The molecule has 0 heterocycles. The fraction of sp³-hybridized carbons (Fsp3) is 0.176. The van der Waals surface area contributed by atoms with Crippen molar-refractivity contribution in [3.8, 4) is 6.07 Å². The Bertz CT molecular complexity index is 719. The lowest BCUT2D eigenvalue weighted by Crippen LogP contribution is -2.17. The van der Waals surface area contributed by atoms with Crippen LogP contribution in [0.3, 0.4) is 0 Å². The molecule has 21 heavy (non-hydrogen) atoms. The Morgan fingerprint density at radius 2 is 2.05 bits per heavy atom. The van der Waals surface area contributed by atoms with Crippen molar-refractivity contribution in [3.05, 3.63) is 64.2 Å². The molecule has 0 aliphatic heterocycles. The maximum absolute atomic E-state index is 11.3. The van der Waals surface area contributed by atoms with E-state index in [-0.39, 0.29) is 5.78 Å². The minimum absolute atomic E-state index is 0.00664. The first-order chi connectivity index (χ1) is 10.0. The molecular weight excluding hydrogens is 284 g/mol. The molecular formula is C17H15ClN2O. The molecule has 4 heteroatoms. The summed E-state index contributed by atoms with van der Waals surface area (Å²) in [5.74, 6) is -0.00664. The monoisotopic (exact) mass is 298 g/mol. The molecule has 0 saturated heterocycles. The lowest BCUT2D eigenvalue weighted by Gasteiger charge is -2.21. The van der Waals surface area contributed by atoms with Crippen LogP contribution in [0.25, 0.3) is 0 Å². The van der Waals surface area contributed by atoms with E-state index in [4.69, 9.17) is 16.9 Å². The summed E-state index contributed by atoms with van der Waals surface area (Å²) in [6.45, 7) is 2.15. The number of ketones is 1. The summed E-state index contributed by atoms with van der Waals surface area (Å²) in [7, 11) is 1.92. The minimum Gasteiger partial charge on any atom is -0.369 e. The van der Waals surface area contributed by atoms with E-state index in [1.54, 1.807) is 18.2 Å². The van der Waals surface area contributed by atoms with E-state index in [9.17, 15) is 4.79 Å². The highest BCUT2D eigenvalue weighted by Gasteiger charge is 2.09. The molecule has 0 aliphatic carbocycles. The van der Waals surface area contributed by atoms with Gasteiger partial charge in [-0.2, -0.15) is 5.26 Å². The van der Waals surface area contributed by atoms with Gasteiger partial charge in [0.2, 0.25) is 0 Å². The molecule has 106 valence electrons. The molecule has 2 aromatic carbocycles. The number of halogens is 1. The molecule has 2 rings (SSSR count). The number of hydrogen-bond acceptors (Lipinski definition) is 3. The first-order valence-electron chi connectivity index (χ1n) is 6.52. The van der Waals surface area contributed by atoms with Gasteiger partial charge in [-0.3, -0.25) is 4.79 Å². The third-order valence-corrected chi connectivity index (χ3v) is 3.54. The van der Waals surface area contributed by atoms with Crippen LogP contribution in [0.1, 0.15) is 28.4 Å². The van der Waals surface area contributed by atoms with Gasteiger partial charge in [0, 0.05) is 19.2 Å². The van der Waals surface area contributed by atoms with E-state index < -0.39 is 0 Å². The normalized spacial score (nSPS) is 10.0. The summed E-state index contributed by atoms with van der Waals surface area (Å²) in [5.41, 5.74) is 3.12. The Balaban J connectivity index is 2.22. The van der Waals surface area contributed by atoms with Gasteiger partial charge in [0.1, 0.15) is 0 Å². The van der Waals surface area contributed by atoms with Gasteiger partial charge in [-0.1, -0.05) is 23.7 Å². The van der Waals surface area contributed by atoms with Crippen LogP contribution in [-0.4, -0.2) is 12.8 Å². The topological polar surface area (TPSA) is 44.1 Å². The number of nitriles is 1. The van der Waals surface area contributed by atoms with E-state index in [1.807, 2.05) is 36.2 Å². The highest BCUT2D eigenvalue weighted by atomic mass is 35.5. The highest BCUT2D eigenvalue weighted by molar-refractivity contribution is 6.33. The third kappa shape index (κ3) is 3.62. The van der Waals surface area contributed by atoms with E-state index in [1.165, 1.54) is 6.92 Å². The number of anilines is 1. The van der Waals surface area contributed by atoms with Crippen LogP contribution in [0.5, 0.6) is 0 Å². The van der Waals surface area contributed by atoms with Crippen LogP contribution in [0.4, 0.5) is 5.69 Å². The standard InChI is InChI=1S/C17H15ClN2O/c1-12(21)15-6-7-17(16(18)9-15)20(2)11-14-5-3-4-13(8-14)10-19/h3-9H,11H2,1-2H3. The summed E-state index contributed by atoms with van der Waals surface area (Å²) in [6.07, 6.45) is 0. The van der Waals surface area contributed by atoms with Crippen LogP contribution >= 0.6 is 11.6 Å². The zero-order valence-electron chi connectivity index (χ0n) is 11.9. The number of nitrogens with zero attached hydrogens (tertiary/aromatic N) is 2.